The number of nitrogens with one attached hydrogen (secondary N) is 1. The van der Waals surface area contributed by atoms with E-state index in [1.165, 1.54) is 5.56 Å². The molecule has 0 radical (unpaired) electrons. The van der Waals surface area contributed by atoms with Crippen LogP contribution in [-0.4, -0.2) is 36.2 Å². The van der Waals surface area contributed by atoms with Gasteiger partial charge in [0.05, 0.1) is 0 Å². The van der Waals surface area contributed by atoms with Gasteiger partial charge in [-0.3, -0.25) is 9.69 Å². The molecule has 0 spiro atoms. The molecule has 1 saturated heterocycles. The Morgan fingerprint density at radius 3 is 2.56 bits per heavy atom. The first kappa shape index (κ1) is 18.0. The minimum absolute atomic E-state index is 0.0647. The van der Waals surface area contributed by atoms with Crippen molar-refractivity contribution in [3.63, 3.8) is 0 Å². The van der Waals surface area contributed by atoms with E-state index in [1.54, 1.807) is 11.8 Å². The predicted octanol–water partition coefficient (Wildman–Crippen LogP) is 4.11. The first-order valence-corrected chi connectivity index (χ1v) is 10.1. The Kier molecular flexibility index (Phi) is 6.16. The topological polar surface area (TPSA) is 32.3 Å². The Labute approximate surface area is 154 Å². The van der Waals surface area contributed by atoms with E-state index in [9.17, 15) is 4.79 Å². The molecular formula is C21H26N2OS. The second-order valence-electron chi connectivity index (χ2n) is 6.69. The van der Waals surface area contributed by atoms with Crippen molar-refractivity contribution in [1.82, 2.24) is 10.2 Å². The van der Waals surface area contributed by atoms with Crippen LogP contribution >= 0.6 is 11.8 Å². The summed E-state index contributed by atoms with van der Waals surface area (Å²) >= 11 is 1.67. The van der Waals surface area contributed by atoms with Crippen molar-refractivity contribution in [1.29, 1.82) is 0 Å². The molecule has 25 heavy (non-hydrogen) atoms. The second kappa shape index (κ2) is 8.54. The average molecular weight is 355 g/mol. The van der Waals surface area contributed by atoms with Gasteiger partial charge in [-0.05, 0) is 49.3 Å². The maximum atomic E-state index is 12.6. The molecule has 2 aromatic carbocycles. The van der Waals surface area contributed by atoms with Crippen molar-refractivity contribution < 1.29 is 4.79 Å². The summed E-state index contributed by atoms with van der Waals surface area (Å²) in [5.74, 6) is 0.0647. The molecule has 3 rings (SSSR count). The summed E-state index contributed by atoms with van der Waals surface area (Å²) < 4.78 is 0. The van der Waals surface area contributed by atoms with E-state index in [2.05, 4.69) is 46.6 Å². The minimum Gasteiger partial charge on any atom is -0.349 e. The van der Waals surface area contributed by atoms with E-state index in [1.807, 2.05) is 25.3 Å². The number of piperidine rings is 1. The predicted molar refractivity (Wildman–Crippen MR) is 105 cm³/mol. The fourth-order valence-electron chi connectivity index (χ4n) is 3.31. The number of aryl methyl sites for hydroxylation is 1. The van der Waals surface area contributed by atoms with Gasteiger partial charge in [0.15, 0.2) is 0 Å². The summed E-state index contributed by atoms with van der Waals surface area (Å²) in [4.78, 5) is 16.2. The zero-order valence-corrected chi connectivity index (χ0v) is 15.8. The van der Waals surface area contributed by atoms with Gasteiger partial charge < -0.3 is 5.32 Å². The van der Waals surface area contributed by atoms with Gasteiger partial charge in [0, 0.05) is 36.1 Å². The smallest absolute Gasteiger partial charge is 0.251 e. The summed E-state index contributed by atoms with van der Waals surface area (Å²) in [5, 5.41) is 3.24. The molecule has 0 unspecified atom stereocenters. The quantitative estimate of drug-likeness (QED) is 0.820. The van der Waals surface area contributed by atoms with Crippen LogP contribution in [0.25, 0.3) is 0 Å². The molecule has 0 aromatic heterocycles. The fourth-order valence-corrected chi connectivity index (χ4v) is 3.75. The van der Waals surface area contributed by atoms with E-state index >= 15 is 0 Å². The van der Waals surface area contributed by atoms with Gasteiger partial charge in [-0.15, -0.1) is 11.8 Å². The molecule has 1 aliphatic rings. The highest BCUT2D eigenvalue weighted by atomic mass is 32.2. The van der Waals surface area contributed by atoms with Crippen molar-refractivity contribution in [3.05, 3.63) is 65.2 Å². The van der Waals surface area contributed by atoms with Crippen LogP contribution in [0.4, 0.5) is 0 Å². The van der Waals surface area contributed by atoms with Gasteiger partial charge in [-0.1, -0.05) is 36.4 Å². The number of amides is 1. The van der Waals surface area contributed by atoms with Crippen LogP contribution < -0.4 is 5.32 Å². The van der Waals surface area contributed by atoms with Crippen LogP contribution in [-0.2, 0) is 6.54 Å². The third kappa shape index (κ3) is 4.86. The molecule has 0 aliphatic carbocycles. The molecule has 3 nitrogen and oxygen atoms in total. The van der Waals surface area contributed by atoms with Crippen molar-refractivity contribution in [2.75, 3.05) is 19.3 Å². The number of thioether (sulfide) groups is 1. The van der Waals surface area contributed by atoms with Crippen LogP contribution in [0.15, 0.2) is 53.4 Å². The SMILES string of the molecule is CSc1ccc(C)c(C(=O)NC2CCN(Cc3ccccc3)CC2)c1. The average Bonchev–Trinajstić information content (AvgIpc) is 2.64. The lowest BCUT2D eigenvalue weighted by molar-refractivity contribution is 0.0908. The first-order chi connectivity index (χ1) is 12.2. The highest BCUT2D eigenvalue weighted by Crippen LogP contribution is 2.20. The van der Waals surface area contributed by atoms with Crippen molar-refractivity contribution in [3.8, 4) is 0 Å². The van der Waals surface area contributed by atoms with Crippen LogP contribution in [0.3, 0.4) is 0 Å². The standard InChI is InChI=1S/C21H26N2OS/c1-16-8-9-19(25-2)14-20(16)21(24)22-18-10-12-23(13-11-18)15-17-6-4-3-5-7-17/h3-9,14,18H,10-13,15H2,1-2H3,(H,22,24). The molecule has 4 heteroatoms. The Balaban J connectivity index is 1.53. The number of likely N-dealkylation sites (tertiary alicyclic amines) is 1. The lowest BCUT2D eigenvalue weighted by Gasteiger charge is -2.32. The number of nitrogens with zero attached hydrogens (tertiary/aromatic N) is 1. The summed E-state index contributed by atoms with van der Waals surface area (Å²) in [5.41, 5.74) is 3.20. The Hall–Kier alpha value is -1.78. The van der Waals surface area contributed by atoms with E-state index < -0.39 is 0 Å². The Morgan fingerprint density at radius 1 is 1.16 bits per heavy atom. The first-order valence-electron chi connectivity index (χ1n) is 8.87. The maximum Gasteiger partial charge on any atom is 0.251 e. The van der Waals surface area contributed by atoms with Crippen LogP contribution in [0.5, 0.6) is 0 Å². The molecule has 0 bridgehead atoms. The zero-order valence-electron chi connectivity index (χ0n) is 15.0. The Morgan fingerprint density at radius 2 is 1.88 bits per heavy atom. The van der Waals surface area contributed by atoms with E-state index in [0.29, 0.717) is 0 Å². The minimum atomic E-state index is 0.0647. The van der Waals surface area contributed by atoms with Gasteiger partial charge in [0.2, 0.25) is 0 Å². The normalized spacial score (nSPS) is 15.9. The molecular weight excluding hydrogens is 328 g/mol. The van der Waals surface area contributed by atoms with Crippen molar-refractivity contribution in [2.45, 2.75) is 37.2 Å². The monoisotopic (exact) mass is 354 g/mol. The van der Waals surface area contributed by atoms with Gasteiger partial charge in [-0.2, -0.15) is 0 Å². The molecule has 1 fully saturated rings. The second-order valence-corrected chi connectivity index (χ2v) is 7.57. The van der Waals surface area contributed by atoms with Gasteiger partial charge in [0.25, 0.3) is 5.91 Å². The third-order valence-corrected chi connectivity index (χ3v) is 5.59. The number of hydrogen-bond acceptors (Lipinski definition) is 3. The molecule has 2 aromatic rings. The number of carbonyl (C=O) groups is 1. The summed E-state index contributed by atoms with van der Waals surface area (Å²) in [7, 11) is 0. The maximum absolute atomic E-state index is 12.6. The molecule has 1 aliphatic heterocycles. The highest BCUT2D eigenvalue weighted by Gasteiger charge is 2.21. The van der Waals surface area contributed by atoms with Gasteiger partial charge >= 0.3 is 0 Å². The largest absolute Gasteiger partial charge is 0.349 e. The molecule has 0 saturated carbocycles. The molecule has 1 N–H and O–H groups in total. The number of carbonyl (C=O) groups excluding carboxylic acids is 1. The molecule has 0 atom stereocenters. The molecule has 1 amide bonds. The third-order valence-electron chi connectivity index (χ3n) is 4.86. The summed E-state index contributed by atoms with van der Waals surface area (Å²) in [6.45, 7) is 5.06. The van der Waals surface area contributed by atoms with E-state index in [0.717, 1.165) is 48.5 Å². The Bertz CT molecular complexity index is 709. The van der Waals surface area contributed by atoms with Crippen LogP contribution in [0, 0.1) is 6.92 Å². The van der Waals surface area contributed by atoms with E-state index in [4.69, 9.17) is 0 Å². The van der Waals surface area contributed by atoms with Gasteiger partial charge in [-0.25, -0.2) is 0 Å². The lowest BCUT2D eigenvalue weighted by atomic mass is 10.0. The van der Waals surface area contributed by atoms with E-state index in [-0.39, 0.29) is 11.9 Å². The van der Waals surface area contributed by atoms with Crippen molar-refractivity contribution >= 4 is 17.7 Å². The fraction of sp³-hybridized carbons (Fsp3) is 0.381. The summed E-state index contributed by atoms with van der Waals surface area (Å²) in [6.07, 6.45) is 4.06. The van der Waals surface area contributed by atoms with Gasteiger partial charge in [0.1, 0.15) is 0 Å². The number of hydrogen-bond donors (Lipinski definition) is 1. The van der Waals surface area contributed by atoms with Crippen molar-refractivity contribution in [2.24, 2.45) is 0 Å². The van der Waals surface area contributed by atoms with Crippen LogP contribution in [0.1, 0.15) is 34.3 Å². The summed E-state index contributed by atoms with van der Waals surface area (Å²) in [6, 6.07) is 17.0. The molecule has 1 heterocycles. The lowest BCUT2D eigenvalue weighted by Crippen LogP contribution is -2.44. The zero-order chi connectivity index (χ0) is 17.6. The molecule has 132 valence electrons. The number of rotatable bonds is 5. The highest BCUT2D eigenvalue weighted by molar-refractivity contribution is 7.98. The van der Waals surface area contributed by atoms with Crippen LogP contribution in [0.2, 0.25) is 0 Å². The number of benzene rings is 2.